The molecule has 0 spiro atoms. The van der Waals surface area contributed by atoms with E-state index in [1.165, 1.54) is 24.6 Å². The largest absolute Gasteiger partial charge is 0.467 e. The third kappa shape index (κ3) is 3.55. The third-order valence-corrected chi connectivity index (χ3v) is 6.47. The van der Waals surface area contributed by atoms with Gasteiger partial charge in [-0.2, -0.15) is 0 Å². The number of furan rings is 1. The lowest BCUT2D eigenvalue weighted by Gasteiger charge is -2.12. The van der Waals surface area contributed by atoms with Gasteiger partial charge in [0.15, 0.2) is 10.9 Å². The molecule has 1 fully saturated rings. The molecule has 0 bridgehead atoms. The molecule has 1 atom stereocenters. The summed E-state index contributed by atoms with van der Waals surface area (Å²) in [6, 6.07) is 5.82. The van der Waals surface area contributed by atoms with Crippen LogP contribution in [0.3, 0.4) is 0 Å². The zero-order chi connectivity index (χ0) is 19.8. The van der Waals surface area contributed by atoms with E-state index < -0.39 is 0 Å². The molecule has 0 unspecified atom stereocenters. The van der Waals surface area contributed by atoms with Crippen molar-refractivity contribution in [3.05, 3.63) is 53.0 Å². The number of hydrogen-bond acceptors (Lipinski definition) is 5. The van der Waals surface area contributed by atoms with Crippen LogP contribution >= 0.6 is 11.8 Å². The van der Waals surface area contributed by atoms with E-state index in [4.69, 9.17) is 4.42 Å². The highest BCUT2D eigenvalue weighted by Crippen LogP contribution is 2.40. The van der Waals surface area contributed by atoms with Gasteiger partial charge in [0, 0.05) is 29.4 Å². The summed E-state index contributed by atoms with van der Waals surface area (Å²) in [6.07, 6.45) is 4.06. The van der Waals surface area contributed by atoms with Crippen molar-refractivity contribution in [3.63, 3.8) is 0 Å². The van der Waals surface area contributed by atoms with Gasteiger partial charge in [0.2, 0.25) is 0 Å². The molecule has 0 saturated heterocycles. The van der Waals surface area contributed by atoms with Gasteiger partial charge in [-0.3, -0.25) is 4.79 Å². The summed E-state index contributed by atoms with van der Waals surface area (Å²) in [7, 11) is 0. The maximum absolute atomic E-state index is 13.2. The van der Waals surface area contributed by atoms with Crippen molar-refractivity contribution in [2.24, 2.45) is 0 Å². The SMILES string of the molecule is CCn1c(S[C@H](C)C(=O)c2cc(C)n(Cc3ccco3)c2C)nnc1C1CC1. The Bertz CT molecular complexity index is 983. The van der Waals surface area contributed by atoms with Crippen LogP contribution < -0.4 is 0 Å². The summed E-state index contributed by atoms with van der Waals surface area (Å²) in [6.45, 7) is 9.56. The fraction of sp³-hybridized carbons (Fsp3) is 0.476. The molecule has 0 N–H and O–H groups in total. The van der Waals surface area contributed by atoms with E-state index in [0.29, 0.717) is 12.5 Å². The van der Waals surface area contributed by atoms with Crippen molar-refractivity contribution >= 4 is 17.5 Å². The number of rotatable bonds is 8. The summed E-state index contributed by atoms with van der Waals surface area (Å²) < 4.78 is 9.76. The van der Waals surface area contributed by atoms with Crippen LogP contribution in [0.2, 0.25) is 0 Å². The van der Waals surface area contributed by atoms with Crippen molar-refractivity contribution in [2.45, 2.75) is 70.0 Å². The first-order valence-electron chi connectivity index (χ1n) is 9.82. The number of nitrogens with zero attached hydrogens (tertiary/aromatic N) is 4. The first-order valence-corrected chi connectivity index (χ1v) is 10.7. The van der Waals surface area contributed by atoms with Crippen LogP contribution in [-0.4, -0.2) is 30.4 Å². The standard InChI is InChI=1S/C21H26N4O2S/c1-5-24-20(16-8-9-16)22-23-21(24)28-15(4)19(26)18-11-13(2)25(14(18)3)12-17-7-6-10-27-17/h6-7,10-11,15-16H,5,8-9,12H2,1-4H3/t15-/m1/s1. The Balaban J connectivity index is 1.53. The molecule has 0 amide bonds. The second-order valence-electron chi connectivity index (χ2n) is 7.43. The highest BCUT2D eigenvalue weighted by Gasteiger charge is 2.31. The Morgan fingerprint density at radius 2 is 2.11 bits per heavy atom. The molecule has 0 aromatic carbocycles. The Morgan fingerprint density at radius 3 is 2.75 bits per heavy atom. The molecular formula is C21H26N4O2S. The Kier molecular flexibility index (Phi) is 5.19. The summed E-state index contributed by atoms with van der Waals surface area (Å²) in [5.41, 5.74) is 2.80. The summed E-state index contributed by atoms with van der Waals surface area (Å²) in [5, 5.41) is 9.36. The molecule has 3 aromatic heterocycles. The van der Waals surface area contributed by atoms with Crippen LogP contribution in [0.15, 0.2) is 34.0 Å². The predicted octanol–water partition coefficient (Wildman–Crippen LogP) is 4.60. The van der Waals surface area contributed by atoms with Crippen LogP contribution in [0.4, 0.5) is 0 Å². The van der Waals surface area contributed by atoms with E-state index in [9.17, 15) is 4.79 Å². The van der Waals surface area contributed by atoms with E-state index in [1.54, 1.807) is 6.26 Å². The summed E-state index contributed by atoms with van der Waals surface area (Å²) >= 11 is 1.50. The minimum atomic E-state index is -0.223. The maximum atomic E-state index is 13.2. The van der Waals surface area contributed by atoms with Gasteiger partial charge in [-0.15, -0.1) is 10.2 Å². The minimum absolute atomic E-state index is 0.127. The van der Waals surface area contributed by atoms with Crippen molar-refractivity contribution in [1.29, 1.82) is 0 Å². The van der Waals surface area contributed by atoms with Crippen LogP contribution in [-0.2, 0) is 13.1 Å². The summed E-state index contributed by atoms with van der Waals surface area (Å²) in [4.78, 5) is 13.2. The molecule has 28 heavy (non-hydrogen) atoms. The Labute approximate surface area is 169 Å². The monoisotopic (exact) mass is 398 g/mol. The first-order chi connectivity index (χ1) is 13.5. The Morgan fingerprint density at radius 1 is 1.32 bits per heavy atom. The number of hydrogen-bond donors (Lipinski definition) is 0. The van der Waals surface area contributed by atoms with Gasteiger partial charge < -0.3 is 13.6 Å². The van der Waals surface area contributed by atoms with Crippen LogP contribution in [0.25, 0.3) is 0 Å². The van der Waals surface area contributed by atoms with E-state index in [-0.39, 0.29) is 11.0 Å². The van der Waals surface area contributed by atoms with Crippen LogP contribution in [0.1, 0.15) is 65.9 Å². The maximum Gasteiger partial charge on any atom is 0.191 e. The number of carbonyl (C=O) groups excluding carboxylic acids is 1. The molecule has 1 aliphatic rings. The second-order valence-corrected chi connectivity index (χ2v) is 8.74. The molecule has 0 radical (unpaired) electrons. The zero-order valence-corrected chi connectivity index (χ0v) is 17.6. The fourth-order valence-corrected chi connectivity index (χ4v) is 4.60. The molecule has 6 nitrogen and oxygen atoms in total. The molecule has 148 valence electrons. The molecule has 7 heteroatoms. The van der Waals surface area contributed by atoms with Crippen molar-refractivity contribution < 1.29 is 9.21 Å². The van der Waals surface area contributed by atoms with Gasteiger partial charge in [0.25, 0.3) is 0 Å². The average molecular weight is 399 g/mol. The zero-order valence-electron chi connectivity index (χ0n) is 16.8. The number of carbonyl (C=O) groups is 1. The lowest BCUT2D eigenvalue weighted by Crippen LogP contribution is -2.16. The number of aromatic nitrogens is 4. The van der Waals surface area contributed by atoms with Gasteiger partial charge in [-0.25, -0.2) is 0 Å². The lowest BCUT2D eigenvalue weighted by atomic mass is 10.1. The molecule has 1 saturated carbocycles. The van der Waals surface area contributed by atoms with E-state index in [1.807, 2.05) is 39.0 Å². The van der Waals surface area contributed by atoms with Gasteiger partial charge in [-0.05, 0) is 58.7 Å². The highest BCUT2D eigenvalue weighted by atomic mass is 32.2. The number of thioether (sulfide) groups is 1. The van der Waals surface area contributed by atoms with Crippen LogP contribution in [0.5, 0.6) is 0 Å². The van der Waals surface area contributed by atoms with Crippen molar-refractivity contribution in [2.75, 3.05) is 0 Å². The van der Waals surface area contributed by atoms with Gasteiger partial charge in [-0.1, -0.05) is 11.8 Å². The van der Waals surface area contributed by atoms with Crippen LogP contribution in [0, 0.1) is 13.8 Å². The number of Topliss-reactive ketones (excluding diaryl/α,β-unsaturated/α-hetero) is 1. The third-order valence-electron chi connectivity index (χ3n) is 5.39. The topological polar surface area (TPSA) is 65.8 Å². The average Bonchev–Trinajstić information content (AvgIpc) is 3.12. The van der Waals surface area contributed by atoms with Gasteiger partial charge in [0.05, 0.1) is 18.1 Å². The van der Waals surface area contributed by atoms with Gasteiger partial charge >= 0.3 is 0 Å². The smallest absolute Gasteiger partial charge is 0.191 e. The van der Waals surface area contributed by atoms with E-state index in [0.717, 1.165) is 40.2 Å². The first kappa shape index (κ1) is 19.1. The molecule has 0 aliphatic heterocycles. The van der Waals surface area contributed by atoms with Gasteiger partial charge in [0.1, 0.15) is 11.6 Å². The molecular weight excluding hydrogens is 372 g/mol. The lowest BCUT2D eigenvalue weighted by molar-refractivity contribution is 0.0993. The van der Waals surface area contributed by atoms with E-state index in [2.05, 4.69) is 26.3 Å². The quantitative estimate of drug-likeness (QED) is 0.410. The summed E-state index contributed by atoms with van der Waals surface area (Å²) in [5.74, 6) is 2.63. The predicted molar refractivity (Wildman–Crippen MR) is 109 cm³/mol. The second kappa shape index (κ2) is 7.62. The molecule has 3 heterocycles. The molecule has 3 aromatic rings. The number of ketones is 1. The molecule has 4 rings (SSSR count). The minimum Gasteiger partial charge on any atom is -0.467 e. The number of aryl methyl sites for hydroxylation is 1. The fourth-order valence-electron chi connectivity index (χ4n) is 3.61. The van der Waals surface area contributed by atoms with Crippen molar-refractivity contribution in [1.82, 2.24) is 19.3 Å². The Hall–Kier alpha value is -2.28. The van der Waals surface area contributed by atoms with Crippen molar-refractivity contribution in [3.8, 4) is 0 Å². The molecule has 1 aliphatic carbocycles. The normalized spacial score (nSPS) is 15.1. The van der Waals surface area contributed by atoms with E-state index >= 15 is 0 Å². The highest BCUT2D eigenvalue weighted by molar-refractivity contribution is 8.00.